The molecule has 0 radical (unpaired) electrons. The van der Waals surface area contributed by atoms with Crippen molar-refractivity contribution in [3.63, 3.8) is 0 Å². The van der Waals surface area contributed by atoms with Crippen molar-refractivity contribution in [1.29, 1.82) is 0 Å². The number of urea groups is 1. The van der Waals surface area contributed by atoms with E-state index < -0.39 is 0 Å². The van der Waals surface area contributed by atoms with E-state index >= 15 is 0 Å². The molecule has 2 heterocycles. The number of hydrogen-bond donors (Lipinski definition) is 1. The molecule has 1 aromatic heterocycles. The third-order valence-electron chi connectivity index (χ3n) is 5.74. The van der Waals surface area contributed by atoms with Gasteiger partial charge in [-0.25, -0.2) is 4.79 Å². The summed E-state index contributed by atoms with van der Waals surface area (Å²) >= 11 is 0. The first-order valence-corrected chi connectivity index (χ1v) is 9.82. The second-order valence-corrected chi connectivity index (χ2v) is 7.65. The van der Waals surface area contributed by atoms with E-state index in [1.807, 2.05) is 23.6 Å². The fourth-order valence-corrected chi connectivity index (χ4v) is 3.66. The van der Waals surface area contributed by atoms with E-state index in [0.717, 1.165) is 57.0 Å². The molecule has 3 rings (SSSR count). The van der Waals surface area contributed by atoms with Gasteiger partial charge in [0.25, 0.3) is 0 Å². The van der Waals surface area contributed by atoms with E-state index in [4.69, 9.17) is 4.74 Å². The van der Waals surface area contributed by atoms with Crippen LogP contribution in [0, 0.1) is 13.8 Å². The molecule has 1 atom stereocenters. The second kappa shape index (κ2) is 8.39. The minimum atomic E-state index is 0.0596. The number of aryl methyl sites for hydroxylation is 2. The van der Waals surface area contributed by atoms with Crippen molar-refractivity contribution >= 4 is 6.03 Å². The summed E-state index contributed by atoms with van der Waals surface area (Å²) in [6.45, 7) is 11.3. The normalized spacial score (nSPS) is 19.4. The highest BCUT2D eigenvalue weighted by Gasteiger charge is 2.33. The lowest BCUT2D eigenvalue weighted by Crippen LogP contribution is -2.45. The summed E-state index contributed by atoms with van der Waals surface area (Å²) in [4.78, 5) is 17.2. The van der Waals surface area contributed by atoms with Gasteiger partial charge in [-0.1, -0.05) is 0 Å². The monoisotopic (exact) mass is 363 g/mol. The van der Waals surface area contributed by atoms with Gasteiger partial charge in [-0.3, -0.25) is 9.58 Å². The van der Waals surface area contributed by atoms with Crippen LogP contribution in [0.1, 0.15) is 43.1 Å². The standard InChI is InChI=1S/C19H33N5O2/c1-14(23-9-11-26-12-10-23)7-8-20-19(25)24(17-5-6-17)13-18-15(2)21-22(4)16(18)3/h14,17H,5-13H2,1-4H3,(H,20,25)/t14-/m1/s1. The molecule has 1 saturated carbocycles. The summed E-state index contributed by atoms with van der Waals surface area (Å²) in [6, 6.07) is 0.909. The van der Waals surface area contributed by atoms with Gasteiger partial charge in [0, 0.05) is 50.0 Å². The van der Waals surface area contributed by atoms with E-state index in [-0.39, 0.29) is 6.03 Å². The van der Waals surface area contributed by atoms with Crippen LogP contribution >= 0.6 is 0 Å². The van der Waals surface area contributed by atoms with Gasteiger partial charge in [-0.15, -0.1) is 0 Å². The number of hydrogen-bond acceptors (Lipinski definition) is 4. The van der Waals surface area contributed by atoms with Crippen molar-refractivity contribution in [3.8, 4) is 0 Å². The maximum absolute atomic E-state index is 12.8. The lowest BCUT2D eigenvalue weighted by Gasteiger charge is -2.32. The second-order valence-electron chi connectivity index (χ2n) is 7.65. The average molecular weight is 364 g/mol. The molecule has 146 valence electrons. The maximum Gasteiger partial charge on any atom is 0.317 e. The molecule has 1 aliphatic heterocycles. The van der Waals surface area contributed by atoms with Crippen molar-refractivity contribution in [2.45, 2.75) is 58.7 Å². The quantitative estimate of drug-likeness (QED) is 0.803. The Labute approximate surface area is 156 Å². The van der Waals surface area contributed by atoms with Crippen LogP contribution in [0.4, 0.5) is 4.79 Å². The molecule has 0 bridgehead atoms. The van der Waals surface area contributed by atoms with E-state index in [2.05, 4.69) is 29.2 Å². The van der Waals surface area contributed by atoms with E-state index in [1.54, 1.807) is 0 Å². The first-order chi connectivity index (χ1) is 12.5. The number of morpholine rings is 1. The predicted molar refractivity (Wildman–Crippen MR) is 101 cm³/mol. The molecular formula is C19H33N5O2. The first-order valence-electron chi connectivity index (χ1n) is 9.82. The van der Waals surface area contributed by atoms with Gasteiger partial charge in [0.15, 0.2) is 0 Å². The number of carbonyl (C=O) groups excluding carboxylic acids is 1. The smallest absolute Gasteiger partial charge is 0.317 e. The molecule has 1 saturated heterocycles. The Morgan fingerprint density at radius 1 is 1.35 bits per heavy atom. The Hall–Kier alpha value is -1.60. The number of nitrogens with zero attached hydrogens (tertiary/aromatic N) is 4. The molecular weight excluding hydrogens is 330 g/mol. The fraction of sp³-hybridized carbons (Fsp3) is 0.789. The highest BCUT2D eigenvalue weighted by atomic mass is 16.5. The summed E-state index contributed by atoms with van der Waals surface area (Å²) in [5.41, 5.74) is 3.34. The van der Waals surface area contributed by atoms with Crippen LogP contribution in [-0.2, 0) is 18.3 Å². The van der Waals surface area contributed by atoms with Crippen LogP contribution in [0.25, 0.3) is 0 Å². The highest BCUT2D eigenvalue weighted by Crippen LogP contribution is 2.29. The number of aromatic nitrogens is 2. The predicted octanol–water partition coefficient (Wildman–Crippen LogP) is 1.82. The topological polar surface area (TPSA) is 62.6 Å². The van der Waals surface area contributed by atoms with Gasteiger partial charge >= 0.3 is 6.03 Å². The summed E-state index contributed by atoms with van der Waals surface area (Å²) in [6.07, 6.45) is 3.18. The molecule has 1 aromatic rings. The van der Waals surface area contributed by atoms with Crippen LogP contribution in [0.15, 0.2) is 0 Å². The van der Waals surface area contributed by atoms with Gasteiger partial charge in [-0.05, 0) is 40.0 Å². The van der Waals surface area contributed by atoms with Gasteiger partial charge in [0.05, 0.1) is 25.5 Å². The Bertz CT molecular complexity index is 620. The van der Waals surface area contributed by atoms with Crippen molar-refractivity contribution in [2.75, 3.05) is 32.8 Å². The molecule has 1 aliphatic carbocycles. The summed E-state index contributed by atoms with van der Waals surface area (Å²) in [7, 11) is 1.96. The van der Waals surface area contributed by atoms with Gasteiger partial charge in [0.1, 0.15) is 0 Å². The Balaban J connectivity index is 1.51. The molecule has 1 N–H and O–H groups in total. The van der Waals surface area contributed by atoms with E-state index in [1.165, 1.54) is 5.56 Å². The van der Waals surface area contributed by atoms with Crippen LogP contribution < -0.4 is 5.32 Å². The SMILES string of the molecule is Cc1nn(C)c(C)c1CN(C(=O)NCC[C@@H](C)N1CCOCC1)C1CC1. The highest BCUT2D eigenvalue weighted by molar-refractivity contribution is 5.75. The molecule has 2 amide bonds. The van der Waals surface area contributed by atoms with Gasteiger partial charge in [0.2, 0.25) is 0 Å². The number of ether oxygens (including phenoxy) is 1. The average Bonchev–Trinajstić information content (AvgIpc) is 3.43. The Morgan fingerprint density at radius 2 is 2.04 bits per heavy atom. The number of nitrogens with one attached hydrogen (secondary N) is 1. The van der Waals surface area contributed by atoms with Crippen LogP contribution in [0.5, 0.6) is 0 Å². The van der Waals surface area contributed by atoms with Crippen LogP contribution in [0.2, 0.25) is 0 Å². The van der Waals surface area contributed by atoms with E-state index in [9.17, 15) is 4.79 Å². The molecule has 7 nitrogen and oxygen atoms in total. The van der Waals surface area contributed by atoms with Crippen molar-refractivity contribution < 1.29 is 9.53 Å². The van der Waals surface area contributed by atoms with Crippen molar-refractivity contribution in [2.24, 2.45) is 7.05 Å². The largest absolute Gasteiger partial charge is 0.379 e. The number of carbonyl (C=O) groups is 1. The molecule has 2 fully saturated rings. The third kappa shape index (κ3) is 4.57. The zero-order chi connectivity index (χ0) is 18.7. The van der Waals surface area contributed by atoms with Crippen LogP contribution in [0.3, 0.4) is 0 Å². The molecule has 0 spiro atoms. The minimum Gasteiger partial charge on any atom is -0.379 e. The first kappa shape index (κ1) is 19.2. The summed E-state index contributed by atoms with van der Waals surface area (Å²) < 4.78 is 7.31. The zero-order valence-corrected chi connectivity index (χ0v) is 16.6. The van der Waals surface area contributed by atoms with Crippen molar-refractivity contribution in [1.82, 2.24) is 24.9 Å². The van der Waals surface area contributed by atoms with E-state index in [0.29, 0.717) is 25.2 Å². The third-order valence-corrected chi connectivity index (χ3v) is 5.74. The Kier molecular flexibility index (Phi) is 6.19. The molecule has 0 aromatic carbocycles. The fourth-order valence-electron chi connectivity index (χ4n) is 3.66. The van der Waals surface area contributed by atoms with Gasteiger partial charge in [-0.2, -0.15) is 5.10 Å². The number of amides is 2. The lowest BCUT2D eigenvalue weighted by atomic mass is 10.2. The van der Waals surface area contributed by atoms with Gasteiger partial charge < -0.3 is 15.0 Å². The molecule has 7 heteroatoms. The van der Waals surface area contributed by atoms with Crippen LogP contribution in [-0.4, -0.2) is 70.5 Å². The maximum atomic E-state index is 12.8. The lowest BCUT2D eigenvalue weighted by molar-refractivity contribution is 0.0188. The molecule has 0 unspecified atom stereocenters. The minimum absolute atomic E-state index is 0.0596. The zero-order valence-electron chi connectivity index (χ0n) is 16.6. The molecule has 2 aliphatic rings. The molecule has 26 heavy (non-hydrogen) atoms. The summed E-state index contributed by atoms with van der Waals surface area (Å²) in [5.74, 6) is 0. The number of rotatable bonds is 7. The Morgan fingerprint density at radius 3 is 2.62 bits per heavy atom. The van der Waals surface area contributed by atoms with Crippen molar-refractivity contribution in [3.05, 3.63) is 17.0 Å². The summed E-state index contributed by atoms with van der Waals surface area (Å²) in [5, 5.41) is 7.62.